The first kappa shape index (κ1) is 9.93. The first-order valence-corrected chi connectivity index (χ1v) is 6.07. The molecule has 14 heavy (non-hydrogen) atoms. The number of nitrogens with two attached hydrogens (primary N) is 1. The highest BCUT2D eigenvalue weighted by atomic mass is 32.1. The molecule has 0 amide bonds. The molecule has 1 fully saturated rings. The summed E-state index contributed by atoms with van der Waals surface area (Å²) in [6.45, 7) is 5.32. The largest absolute Gasteiger partial charge is 0.348 e. The Kier molecular flexibility index (Phi) is 3.03. The Morgan fingerprint density at radius 2 is 2.57 bits per heavy atom. The highest BCUT2D eigenvalue weighted by molar-refractivity contribution is 7.13. The van der Waals surface area contributed by atoms with Crippen LogP contribution < -0.4 is 10.6 Å². The van der Waals surface area contributed by atoms with E-state index in [4.69, 9.17) is 5.73 Å². The van der Waals surface area contributed by atoms with Crippen molar-refractivity contribution in [3.05, 3.63) is 11.1 Å². The Labute approximate surface area is 88.9 Å². The average Bonchev–Trinajstić information content (AvgIpc) is 2.74. The molecule has 2 rings (SSSR count). The molecule has 2 heterocycles. The maximum atomic E-state index is 5.50. The minimum Gasteiger partial charge on any atom is -0.348 e. The second-order valence-corrected chi connectivity index (χ2v) is 4.84. The van der Waals surface area contributed by atoms with Gasteiger partial charge in [-0.1, -0.05) is 6.92 Å². The van der Waals surface area contributed by atoms with Gasteiger partial charge in [-0.05, 0) is 18.9 Å². The summed E-state index contributed by atoms with van der Waals surface area (Å²) in [7, 11) is 0. The van der Waals surface area contributed by atoms with E-state index < -0.39 is 0 Å². The van der Waals surface area contributed by atoms with Gasteiger partial charge in [-0.3, -0.25) is 0 Å². The fraction of sp³-hybridized carbons (Fsp3) is 0.700. The van der Waals surface area contributed by atoms with Gasteiger partial charge in [0.1, 0.15) is 0 Å². The van der Waals surface area contributed by atoms with Crippen molar-refractivity contribution in [2.45, 2.75) is 19.8 Å². The van der Waals surface area contributed by atoms with Crippen molar-refractivity contribution in [3.8, 4) is 0 Å². The van der Waals surface area contributed by atoms with E-state index in [0.717, 1.165) is 31.1 Å². The molecule has 1 unspecified atom stereocenters. The van der Waals surface area contributed by atoms with Crippen molar-refractivity contribution in [3.63, 3.8) is 0 Å². The number of hydrogen-bond donors (Lipinski definition) is 1. The smallest absolute Gasteiger partial charge is 0.185 e. The van der Waals surface area contributed by atoms with Gasteiger partial charge in [0.15, 0.2) is 5.13 Å². The zero-order valence-corrected chi connectivity index (χ0v) is 9.39. The van der Waals surface area contributed by atoms with Gasteiger partial charge in [0.05, 0.1) is 5.69 Å². The number of anilines is 1. The lowest BCUT2D eigenvalue weighted by atomic mass is 10.2. The van der Waals surface area contributed by atoms with E-state index in [1.165, 1.54) is 11.6 Å². The van der Waals surface area contributed by atoms with Gasteiger partial charge in [0.25, 0.3) is 0 Å². The Bertz CT molecular complexity index is 297. The fourth-order valence-corrected chi connectivity index (χ4v) is 2.71. The zero-order chi connectivity index (χ0) is 9.97. The number of rotatable bonds is 3. The second kappa shape index (κ2) is 4.28. The monoisotopic (exact) mass is 211 g/mol. The van der Waals surface area contributed by atoms with Crippen LogP contribution in [0.5, 0.6) is 0 Å². The standard InChI is InChI=1S/C10H17N3S/c1-8-3-5-13(6-8)10-12-9(2-4-11)7-14-10/h7-8H,2-6,11H2,1H3. The Morgan fingerprint density at radius 1 is 1.71 bits per heavy atom. The van der Waals surface area contributed by atoms with Crippen molar-refractivity contribution in [2.75, 3.05) is 24.5 Å². The van der Waals surface area contributed by atoms with Crippen LogP contribution in [0.25, 0.3) is 0 Å². The average molecular weight is 211 g/mol. The molecule has 0 saturated carbocycles. The van der Waals surface area contributed by atoms with Crippen molar-refractivity contribution in [2.24, 2.45) is 11.7 Å². The lowest BCUT2D eigenvalue weighted by Crippen LogP contribution is -2.18. The molecule has 3 nitrogen and oxygen atoms in total. The summed E-state index contributed by atoms with van der Waals surface area (Å²) in [5.41, 5.74) is 6.64. The number of aromatic nitrogens is 1. The third-order valence-electron chi connectivity index (χ3n) is 2.63. The van der Waals surface area contributed by atoms with Gasteiger partial charge in [-0.2, -0.15) is 0 Å². The molecule has 0 spiro atoms. The van der Waals surface area contributed by atoms with Crippen LogP contribution in [-0.2, 0) is 6.42 Å². The highest BCUT2D eigenvalue weighted by Gasteiger charge is 2.20. The van der Waals surface area contributed by atoms with Gasteiger partial charge in [0.2, 0.25) is 0 Å². The van der Waals surface area contributed by atoms with Gasteiger partial charge in [-0.25, -0.2) is 4.98 Å². The third kappa shape index (κ3) is 2.07. The second-order valence-electron chi connectivity index (χ2n) is 4.00. The van der Waals surface area contributed by atoms with Crippen LogP contribution in [0.2, 0.25) is 0 Å². The third-order valence-corrected chi connectivity index (χ3v) is 3.58. The molecule has 1 saturated heterocycles. The van der Waals surface area contributed by atoms with E-state index in [2.05, 4.69) is 22.2 Å². The molecule has 78 valence electrons. The van der Waals surface area contributed by atoms with E-state index in [1.807, 2.05) is 0 Å². The number of hydrogen-bond acceptors (Lipinski definition) is 4. The van der Waals surface area contributed by atoms with Crippen molar-refractivity contribution in [1.82, 2.24) is 4.98 Å². The highest BCUT2D eigenvalue weighted by Crippen LogP contribution is 2.26. The molecular weight excluding hydrogens is 194 g/mol. The predicted octanol–water partition coefficient (Wildman–Crippen LogP) is 1.49. The van der Waals surface area contributed by atoms with Gasteiger partial charge >= 0.3 is 0 Å². The minimum atomic E-state index is 0.694. The molecule has 1 aromatic rings. The first-order chi connectivity index (χ1) is 6.79. The van der Waals surface area contributed by atoms with E-state index >= 15 is 0 Å². The van der Waals surface area contributed by atoms with E-state index in [1.54, 1.807) is 11.3 Å². The van der Waals surface area contributed by atoms with Crippen LogP contribution in [0.1, 0.15) is 19.0 Å². The summed E-state index contributed by atoms with van der Waals surface area (Å²) in [6.07, 6.45) is 2.20. The quantitative estimate of drug-likeness (QED) is 0.823. The summed E-state index contributed by atoms with van der Waals surface area (Å²) >= 11 is 1.75. The molecule has 0 radical (unpaired) electrons. The maximum Gasteiger partial charge on any atom is 0.185 e. The van der Waals surface area contributed by atoms with Crippen LogP contribution in [-0.4, -0.2) is 24.6 Å². The predicted molar refractivity (Wildman–Crippen MR) is 60.9 cm³/mol. The molecule has 0 aliphatic carbocycles. The Hall–Kier alpha value is -0.610. The molecule has 0 aromatic carbocycles. The lowest BCUT2D eigenvalue weighted by Gasteiger charge is -2.13. The van der Waals surface area contributed by atoms with E-state index in [-0.39, 0.29) is 0 Å². The Morgan fingerprint density at radius 3 is 3.21 bits per heavy atom. The van der Waals surface area contributed by atoms with E-state index in [0.29, 0.717) is 6.54 Å². The molecule has 2 N–H and O–H groups in total. The molecule has 4 heteroatoms. The normalized spacial score (nSPS) is 21.9. The van der Waals surface area contributed by atoms with Crippen molar-refractivity contribution < 1.29 is 0 Å². The topological polar surface area (TPSA) is 42.2 Å². The summed E-state index contributed by atoms with van der Waals surface area (Å²) in [4.78, 5) is 6.97. The Balaban J connectivity index is 2.02. The van der Waals surface area contributed by atoms with Crippen molar-refractivity contribution >= 4 is 16.5 Å². The number of nitrogens with zero attached hydrogens (tertiary/aromatic N) is 2. The SMILES string of the molecule is CC1CCN(c2nc(CCN)cs2)C1. The molecule has 1 aromatic heterocycles. The van der Waals surface area contributed by atoms with Gasteiger partial charge < -0.3 is 10.6 Å². The molecular formula is C10H17N3S. The summed E-state index contributed by atoms with van der Waals surface area (Å²) in [5.74, 6) is 0.817. The summed E-state index contributed by atoms with van der Waals surface area (Å²) in [5, 5.41) is 3.31. The van der Waals surface area contributed by atoms with Gasteiger partial charge in [-0.15, -0.1) is 11.3 Å². The first-order valence-electron chi connectivity index (χ1n) is 5.19. The zero-order valence-electron chi connectivity index (χ0n) is 8.57. The summed E-state index contributed by atoms with van der Waals surface area (Å²) < 4.78 is 0. The van der Waals surface area contributed by atoms with Gasteiger partial charge in [0, 0.05) is 24.9 Å². The fourth-order valence-electron chi connectivity index (χ4n) is 1.81. The maximum absolute atomic E-state index is 5.50. The van der Waals surface area contributed by atoms with Crippen molar-refractivity contribution in [1.29, 1.82) is 0 Å². The number of thiazole rings is 1. The van der Waals surface area contributed by atoms with Crippen LogP contribution in [0.15, 0.2) is 5.38 Å². The molecule has 0 bridgehead atoms. The van der Waals surface area contributed by atoms with Crippen LogP contribution in [0.4, 0.5) is 5.13 Å². The minimum absolute atomic E-state index is 0.694. The van der Waals surface area contributed by atoms with E-state index in [9.17, 15) is 0 Å². The summed E-state index contributed by atoms with van der Waals surface area (Å²) in [6, 6.07) is 0. The van der Waals surface area contributed by atoms with Crippen LogP contribution >= 0.6 is 11.3 Å². The molecule has 1 atom stereocenters. The van der Waals surface area contributed by atoms with Crippen LogP contribution in [0.3, 0.4) is 0 Å². The lowest BCUT2D eigenvalue weighted by molar-refractivity contribution is 0.659. The molecule has 1 aliphatic rings. The van der Waals surface area contributed by atoms with Crippen LogP contribution in [0, 0.1) is 5.92 Å². The molecule has 1 aliphatic heterocycles.